The van der Waals surface area contributed by atoms with Gasteiger partial charge in [0.15, 0.2) is 5.52 Å². The summed E-state index contributed by atoms with van der Waals surface area (Å²) < 4.78 is 4.94. The molecule has 0 aromatic carbocycles. The van der Waals surface area contributed by atoms with Crippen molar-refractivity contribution in [3.63, 3.8) is 0 Å². The van der Waals surface area contributed by atoms with Gasteiger partial charge in [0.25, 0.3) is 0 Å². The van der Waals surface area contributed by atoms with Gasteiger partial charge >= 0.3 is 5.69 Å². The molecule has 0 atom stereocenters. The zero-order valence-corrected chi connectivity index (χ0v) is 7.35. The smallest absolute Gasteiger partial charge is 0.312 e. The monoisotopic (exact) mass is 193 g/mol. The second kappa shape index (κ2) is 2.99. The minimum atomic E-state index is -0.474. The fourth-order valence-electron chi connectivity index (χ4n) is 1.23. The molecular formula is C8H7N3O3. The third kappa shape index (κ3) is 1.17. The van der Waals surface area contributed by atoms with Gasteiger partial charge in [-0.25, -0.2) is 4.98 Å². The van der Waals surface area contributed by atoms with Crippen molar-refractivity contribution in [1.82, 2.24) is 9.97 Å². The number of aromatic amines is 1. The van der Waals surface area contributed by atoms with E-state index in [-0.39, 0.29) is 5.69 Å². The molecular weight excluding hydrogens is 186 g/mol. The normalized spacial score (nSPS) is 10.4. The first-order chi connectivity index (χ1) is 6.72. The van der Waals surface area contributed by atoms with E-state index >= 15 is 0 Å². The summed E-state index contributed by atoms with van der Waals surface area (Å²) in [4.78, 5) is 16.8. The van der Waals surface area contributed by atoms with Gasteiger partial charge < -0.3 is 9.72 Å². The fraction of sp³-hybridized carbons (Fsp3) is 0.125. The molecule has 2 aromatic rings. The van der Waals surface area contributed by atoms with Gasteiger partial charge in [-0.3, -0.25) is 10.1 Å². The molecule has 2 rings (SSSR count). The molecule has 0 bridgehead atoms. The first-order valence-electron chi connectivity index (χ1n) is 3.88. The summed E-state index contributed by atoms with van der Waals surface area (Å²) in [5.74, 6) is 0.564. The average molecular weight is 193 g/mol. The number of nitrogens with zero attached hydrogens (tertiary/aromatic N) is 2. The molecule has 0 aliphatic heterocycles. The molecule has 2 aromatic heterocycles. The van der Waals surface area contributed by atoms with Crippen molar-refractivity contribution in [2.24, 2.45) is 0 Å². The van der Waals surface area contributed by atoms with Crippen LogP contribution in [0.5, 0.6) is 5.75 Å². The minimum absolute atomic E-state index is 0.0253. The van der Waals surface area contributed by atoms with Gasteiger partial charge in [-0.05, 0) is 0 Å². The number of fused-ring (bicyclic) bond motifs is 1. The van der Waals surface area contributed by atoms with E-state index in [1.54, 1.807) is 6.07 Å². The molecule has 0 saturated heterocycles. The zero-order valence-electron chi connectivity index (χ0n) is 7.35. The standard InChI is InChI=1S/C8H7N3O3/c1-14-5-2-6-8(10-3-5)7(4-9-6)11(12)13/h2-4,9H,1H3. The van der Waals surface area contributed by atoms with Crippen LogP contribution in [0.1, 0.15) is 0 Å². The highest BCUT2D eigenvalue weighted by Crippen LogP contribution is 2.25. The first kappa shape index (κ1) is 8.49. The van der Waals surface area contributed by atoms with Crippen molar-refractivity contribution in [3.8, 4) is 5.75 Å². The summed E-state index contributed by atoms with van der Waals surface area (Å²) in [6.45, 7) is 0. The third-order valence-electron chi connectivity index (χ3n) is 1.90. The van der Waals surface area contributed by atoms with Crippen LogP contribution in [-0.2, 0) is 0 Å². The molecule has 0 aliphatic carbocycles. The van der Waals surface area contributed by atoms with Crippen molar-refractivity contribution < 1.29 is 9.66 Å². The van der Waals surface area contributed by atoms with E-state index in [4.69, 9.17) is 4.74 Å². The van der Waals surface area contributed by atoms with Crippen molar-refractivity contribution in [3.05, 3.63) is 28.6 Å². The van der Waals surface area contributed by atoms with Crippen molar-refractivity contribution in [2.75, 3.05) is 7.11 Å². The topological polar surface area (TPSA) is 81.1 Å². The van der Waals surface area contributed by atoms with E-state index in [0.29, 0.717) is 16.8 Å². The quantitative estimate of drug-likeness (QED) is 0.578. The number of hydrogen-bond acceptors (Lipinski definition) is 4. The number of ether oxygens (including phenoxy) is 1. The Morgan fingerprint density at radius 1 is 1.64 bits per heavy atom. The van der Waals surface area contributed by atoms with Gasteiger partial charge in [-0.15, -0.1) is 0 Å². The molecule has 0 saturated carbocycles. The van der Waals surface area contributed by atoms with Crippen LogP contribution in [0.4, 0.5) is 5.69 Å². The lowest BCUT2D eigenvalue weighted by Gasteiger charge is -1.96. The molecule has 0 spiro atoms. The molecule has 0 fully saturated rings. The summed E-state index contributed by atoms with van der Waals surface area (Å²) in [7, 11) is 1.51. The van der Waals surface area contributed by atoms with Crippen LogP contribution in [0, 0.1) is 10.1 Å². The summed E-state index contributed by atoms with van der Waals surface area (Å²) in [5, 5.41) is 10.5. The molecule has 0 unspecified atom stereocenters. The molecule has 72 valence electrons. The van der Waals surface area contributed by atoms with E-state index in [9.17, 15) is 10.1 Å². The predicted molar refractivity (Wildman–Crippen MR) is 49.3 cm³/mol. The molecule has 0 amide bonds. The molecule has 0 aliphatic rings. The maximum Gasteiger partial charge on any atom is 0.312 e. The molecule has 14 heavy (non-hydrogen) atoms. The molecule has 1 N–H and O–H groups in total. The van der Waals surface area contributed by atoms with Gasteiger partial charge in [0, 0.05) is 6.07 Å². The number of nitro groups is 1. The second-order valence-electron chi connectivity index (χ2n) is 2.70. The van der Waals surface area contributed by atoms with Crippen LogP contribution in [0.3, 0.4) is 0 Å². The number of methoxy groups -OCH3 is 1. The van der Waals surface area contributed by atoms with Gasteiger partial charge in [0.2, 0.25) is 0 Å². The van der Waals surface area contributed by atoms with Crippen LogP contribution in [-0.4, -0.2) is 22.0 Å². The fourth-order valence-corrected chi connectivity index (χ4v) is 1.23. The van der Waals surface area contributed by atoms with E-state index in [1.807, 2.05) is 0 Å². The lowest BCUT2D eigenvalue weighted by atomic mass is 10.3. The van der Waals surface area contributed by atoms with E-state index < -0.39 is 4.92 Å². The second-order valence-corrected chi connectivity index (χ2v) is 2.70. The lowest BCUT2D eigenvalue weighted by Crippen LogP contribution is -1.88. The van der Waals surface area contributed by atoms with E-state index in [2.05, 4.69) is 9.97 Å². The Hall–Kier alpha value is -2.11. The number of rotatable bonds is 2. The summed E-state index contributed by atoms with van der Waals surface area (Å²) in [6.07, 6.45) is 2.76. The Morgan fingerprint density at radius 3 is 3.07 bits per heavy atom. The number of H-pyrrole nitrogens is 1. The number of nitrogens with one attached hydrogen (secondary N) is 1. The highest BCUT2D eigenvalue weighted by atomic mass is 16.6. The third-order valence-corrected chi connectivity index (χ3v) is 1.90. The van der Waals surface area contributed by atoms with Crippen LogP contribution < -0.4 is 4.74 Å². The Bertz CT molecular complexity index is 492. The Morgan fingerprint density at radius 2 is 2.43 bits per heavy atom. The van der Waals surface area contributed by atoms with Crippen molar-refractivity contribution in [2.45, 2.75) is 0 Å². The van der Waals surface area contributed by atoms with Gasteiger partial charge in [0.1, 0.15) is 5.75 Å². The average Bonchev–Trinajstić information content (AvgIpc) is 2.59. The van der Waals surface area contributed by atoms with Crippen LogP contribution >= 0.6 is 0 Å². The molecule has 6 heteroatoms. The molecule has 0 radical (unpaired) electrons. The SMILES string of the molecule is COc1cnc2c([N+](=O)[O-])c[nH]c2c1. The highest BCUT2D eigenvalue weighted by Gasteiger charge is 2.15. The number of hydrogen-bond donors (Lipinski definition) is 1. The predicted octanol–water partition coefficient (Wildman–Crippen LogP) is 1.48. The summed E-state index contributed by atoms with van der Waals surface area (Å²) in [6, 6.07) is 1.66. The Kier molecular flexibility index (Phi) is 1.81. The highest BCUT2D eigenvalue weighted by molar-refractivity contribution is 5.85. The van der Waals surface area contributed by atoms with E-state index in [1.165, 1.54) is 19.5 Å². The maximum absolute atomic E-state index is 10.5. The Balaban J connectivity index is 2.65. The van der Waals surface area contributed by atoms with Crippen LogP contribution in [0.25, 0.3) is 11.0 Å². The summed E-state index contributed by atoms with van der Waals surface area (Å²) >= 11 is 0. The van der Waals surface area contributed by atoms with E-state index in [0.717, 1.165) is 0 Å². The van der Waals surface area contributed by atoms with Gasteiger partial charge in [0.05, 0.1) is 29.9 Å². The maximum atomic E-state index is 10.5. The number of pyridine rings is 1. The summed E-state index contributed by atoms with van der Waals surface area (Å²) in [5.41, 5.74) is 0.912. The lowest BCUT2D eigenvalue weighted by molar-refractivity contribution is -0.383. The van der Waals surface area contributed by atoms with Gasteiger partial charge in [-0.2, -0.15) is 0 Å². The molecule has 2 heterocycles. The number of aromatic nitrogens is 2. The Labute approximate surface area is 78.7 Å². The first-order valence-corrected chi connectivity index (χ1v) is 3.88. The zero-order chi connectivity index (χ0) is 10.1. The minimum Gasteiger partial charge on any atom is -0.495 e. The van der Waals surface area contributed by atoms with Crippen molar-refractivity contribution in [1.29, 1.82) is 0 Å². The van der Waals surface area contributed by atoms with Gasteiger partial charge in [-0.1, -0.05) is 0 Å². The molecule has 6 nitrogen and oxygen atoms in total. The van der Waals surface area contributed by atoms with Crippen LogP contribution in [0.15, 0.2) is 18.5 Å². The largest absolute Gasteiger partial charge is 0.495 e. The van der Waals surface area contributed by atoms with Crippen LogP contribution in [0.2, 0.25) is 0 Å². The van der Waals surface area contributed by atoms with Crippen molar-refractivity contribution >= 4 is 16.7 Å².